The summed E-state index contributed by atoms with van der Waals surface area (Å²) in [7, 11) is 0. The van der Waals surface area contributed by atoms with Crippen molar-refractivity contribution >= 4 is 6.21 Å². The fourth-order valence-corrected chi connectivity index (χ4v) is 0.501. The molecule has 0 aliphatic heterocycles. The third-order valence-electron chi connectivity index (χ3n) is 1.34. The molecule has 0 unspecified atom stereocenters. The molecule has 0 amide bonds. The average Bonchev–Trinajstić information content (AvgIpc) is 1.87. The Morgan fingerprint density at radius 2 is 2.11 bits per heavy atom. The zero-order valence-corrected chi connectivity index (χ0v) is 6.07. The van der Waals surface area contributed by atoms with Crippen LogP contribution in [0.25, 0.3) is 0 Å². The van der Waals surface area contributed by atoms with E-state index < -0.39 is 0 Å². The second kappa shape index (κ2) is 4.07. The van der Waals surface area contributed by atoms with Crippen LogP contribution in [0.15, 0.2) is 23.8 Å². The Morgan fingerprint density at radius 1 is 1.56 bits per heavy atom. The highest BCUT2D eigenvalue weighted by molar-refractivity contribution is 5.75. The highest BCUT2D eigenvalue weighted by Crippen LogP contribution is 2.04. The van der Waals surface area contributed by atoms with Crippen LogP contribution in [-0.4, -0.2) is 6.21 Å². The molecule has 50 valence electrons. The van der Waals surface area contributed by atoms with Crippen LogP contribution in [0.1, 0.15) is 20.3 Å². The van der Waals surface area contributed by atoms with E-state index in [4.69, 9.17) is 5.41 Å². The van der Waals surface area contributed by atoms with Gasteiger partial charge >= 0.3 is 0 Å². The van der Waals surface area contributed by atoms with E-state index in [0.29, 0.717) is 0 Å². The van der Waals surface area contributed by atoms with Crippen molar-refractivity contribution in [3.05, 3.63) is 23.8 Å². The molecule has 0 saturated carbocycles. The van der Waals surface area contributed by atoms with Crippen LogP contribution in [-0.2, 0) is 0 Å². The standard InChI is InChI=1S/C8H13N/c1-4-5-7(2)8(3)6-9/h4,6,9H,1,5H2,2-3H3/b8-7-,9-6?. The number of hydrogen-bond donors (Lipinski definition) is 1. The first kappa shape index (κ1) is 8.15. The summed E-state index contributed by atoms with van der Waals surface area (Å²) >= 11 is 0. The quantitative estimate of drug-likeness (QED) is 0.440. The van der Waals surface area contributed by atoms with E-state index in [0.717, 1.165) is 12.0 Å². The van der Waals surface area contributed by atoms with Crippen molar-refractivity contribution in [3.8, 4) is 0 Å². The molecule has 0 fully saturated rings. The van der Waals surface area contributed by atoms with Gasteiger partial charge in [-0.05, 0) is 25.8 Å². The molecule has 0 radical (unpaired) electrons. The summed E-state index contributed by atoms with van der Waals surface area (Å²) in [6, 6.07) is 0. The summed E-state index contributed by atoms with van der Waals surface area (Å²) in [4.78, 5) is 0. The first-order valence-corrected chi connectivity index (χ1v) is 3.00. The molecule has 0 spiro atoms. The summed E-state index contributed by atoms with van der Waals surface area (Å²) < 4.78 is 0. The molecule has 0 rings (SSSR count). The lowest BCUT2D eigenvalue weighted by atomic mass is 10.1. The fraction of sp³-hybridized carbons (Fsp3) is 0.375. The van der Waals surface area contributed by atoms with E-state index in [9.17, 15) is 0 Å². The average molecular weight is 123 g/mol. The van der Waals surface area contributed by atoms with Gasteiger partial charge in [0.15, 0.2) is 0 Å². The maximum Gasteiger partial charge on any atom is 0.0206 e. The highest BCUT2D eigenvalue weighted by Gasteiger charge is 1.88. The Labute approximate surface area is 56.6 Å². The van der Waals surface area contributed by atoms with Gasteiger partial charge in [0.2, 0.25) is 0 Å². The molecule has 0 atom stereocenters. The van der Waals surface area contributed by atoms with Gasteiger partial charge in [-0.1, -0.05) is 11.6 Å². The van der Waals surface area contributed by atoms with Gasteiger partial charge in [-0.2, -0.15) is 0 Å². The summed E-state index contributed by atoms with van der Waals surface area (Å²) in [6.45, 7) is 7.56. The predicted octanol–water partition coefficient (Wildman–Crippen LogP) is 2.55. The molecule has 0 bridgehead atoms. The van der Waals surface area contributed by atoms with Gasteiger partial charge in [0.05, 0.1) is 0 Å². The van der Waals surface area contributed by atoms with E-state index in [1.54, 1.807) is 0 Å². The molecule has 0 aromatic heterocycles. The van der Waals surface area contributed by atoms with Crippen molar-refractivity contribution in [1.82, 2.24) is 0 Å². The van der Waals surface area contributed by atoms with Gasteiger partial charge in [0.1, 0.15) is 0 Å². The van der Waals surface area contributed by atoms with E-state index in [1.807, 2.05) is 19.9 Å². The molecule has 1 heteroatoms. The van der Waals surface area contributed by atoms with Crippen molar-refractivity contribution < 1.29 is 0 Å². The van der Waals surface area contributed by atoms with Crippen LogP contribution >= 0.6 is 0 Å². The van der Waals surface area contributed by atoms with Crippen LogP contribution in [0.5, 0.6) is 0 Å². The zero-order chi connectivity index (χ0) is 7.28. The third-order valence-corrected chi connectivity index (χ3v) is 1.34. The molecular weight excluding hydrogens is 110 g/mol. The minimum atomic E-state index is 0.890. The number of allylic oxidation sites excluding steroid dienone is 3. The Balaban J connectivity index is 4.08. The Morgan fingerprint density at radius 3 is 2.44 bits per heavy atom. The fourth-order valence-electron chi connectivity index (χ4n) is 0.501. The van der Waals surface area contributed by atoms with Crippen LogP contribution in [0, 0.1) is 5.41 Å². The summed E-state index contributed by atoms with van der Waals surface area (Å²) in [5.74, 6) is 0. The van der Waals surface area contributed by atoms with Gasteiger partial charge < -0.3 is 5.41 Å². The van der Waals surface area contributed by atoms with Gasteiger partial charge in [0, 0.05) is 6.21 Å². The molecule has 0 heterocycles. The minimum absolute atomic E-state index is 0.890. The molecule has 0 aliphatic carbocycles. The lowest BCUT2D eigenvalue weighted by Gasteiger charge is -1.96. The Bertz CT molecular complexity index is 143. The van der Waals surface area contributed by atoms with Crippen LogP contribution in [0.3, 0.4) is 0 Å². The number of hydrogen-bond acceptors (Lipinski definition) is 1. The SMILES string of the molecule is C=CC/C(C)=C(/C)C=N. The summed E-state index contributed by atoms with van der Waals surface area (Å²) in [5, 5.41) is 6.90. The number of nitrogens with one attached hydrogen (secondary N) is 1. The maximum absolute atomic E-state index is 6.90. The monoisotopic (exact) mass is 123 g/mol. The molecule has 0 aliphatic rings. The topological polar surface area (TPSA) is 23.9 Å². The van der Waals surface area contributed by atoms with Crippen molar-refractivity contribution in [2.24, 2.45) is 0 Å². The molecule has 1 nitrogen and oxygen atoms in total. The summed E-state index contributed by atoms with van der Waals surface area (Å²) in [6.07, 6.45) is 4.11. The first-order chi connectivity index (χ1) is 4.22. The van der Waals surface area contributed by atoms with Gasteiger partial charge in [-0.3, -0.25) is 0 Å². The van der Waals surface area contributed by atoms with Crippen molar-refractivity contribution in [2.75, 3.05) is 0 Å². The third kappa shape index (κ3) is 2.85. The molecule has 9 heavy (non-hydrogen) atoms. The minimum Gasteiger partial charge on any atom is -0.308 e. The maximum atomic E-state index is 6.90. The van der Waals surface area contributed by atoms with Crippen molar-refractivity contribution in [2.45, 2.75) is 20.3 Å². The lowest BCUT2D eigenvalue weighted by molar-refractivity contribution is 1.18. The Hall–Kier alpha value is -0.850. The first-order valence-electron chi connectivity index (χ1n) is 3.00. The van der Waals surface area contributed by atoms with E-state index in [1.165, 1.54) is 11.8 Å². The van der Waals surface area contributed by atoms with Crippen LogP contribution in [0.4, 0.5) is 0 Å². The van der Waals surface area contributed by atoms with E-state index in [-0.39, 0.29) is 0 Å². The lowest BCUT2D eigenvalue weighted by Crippen LogP contribution is -1.82. The van der Waals surface area contributed by atoms with Gasteiger partial charge in [0.25, 0.3) is 0 Å². The van der Waals surface area contributed by atoms with Gasteiger partial charge in [-0.15, -0.1) is 6.58 Å². The normalized spacial score (nSPS) is 12.2. The second-order valence-electron chi connectivity index (χ2n) is 2.10. The van der Waals surface area contributed by atoms with Gasteiger partial charge in [-0.25, -0.2) is 0 Å². The van der Waals surface area contributed by atoms with E-state index >= 15 is 0 Å². The smallest absolute Gasteiger partial charge is 0.0206 e. The largest absolute Gasteiger partial charge is 0.308 e. The second-order valence-corrected chi connectivity index (χ2v) is 2.10. The molecular formula is C8H13N. The van der Waals surface area contributed by atoms with Crippen molar-refractivity contribution in [3.63, 3.8) is 0 Å². The van der Waals surface area contributed by atoms with E-state index in [2.05, 4.69) is 6.58 Å². The molecule has 0 aromatic rings. The molecule has 0 saturated heterocycles. The summed E-state index contributed by atoms with van der Waals surface area (Å²) in [5.41, 5.74) is 2.26. The zero-order valence-electron chi connectivity index (χ0n) is 6.07. The highest BCUT2D eigenvalue weighted by atomic mass is 14.3. The molecule has 0 aromatic carbocycles. The molecule has 1 N–H and O–H groups in total. The van der Waals surface area contributed by atoms with Crippen molar-refractivity contribution in [1.29, 1.82) is 5.41 Å². The Kier molecular flexibility index (Phi) is 3.69. The predicted molar refractivity (Wildman–Crippen MR) is 42.0 cm³/mol. The van der Waals surface area contributed by atoms with Crippen LogP contribution < -0.4 is 0 Å². The van der Waals surface area contributed by atoms with Crippen LogP contribution in [0.2, 0.25) is 0 Å². The number of rotatable bonds is 3.